The number of aromatic amines is 1. The van der Waals surface area contributed by atoms with Crippen molar-refractivity contribution in [3.05, 3.63) is 58.4 Å². The molecule has 0 unspecified atom stereocenters. The number of carbonyl (C=O) groups is 1. The molecule has 0 aliphatic rings. The molecule has 2 aromatic carbocycles. The fourth-order valence-corrected chi connectivity index (χ4v) is 3.36. The number of halogens is 1. The van der Waals surface area contributed by atoms with Crippen LogP contribution < -0.4 is 4.74 Å². The van der Waals surface area contributed by atoms with E-state index in [1.807, 2.05) is 0 Å². The molecular formula is C20H15ClN2O5. The number of phenols is 1. The van der Waals surface area contributed by atoms with Crippen molar-refractivity contribution < 1.29 is 24.3 Å². The van der Waals surface area contributed by atoms with Crippen molar-refractivity contribution in [1.82, 2.24) is 10.1 Å². The Balaban J connectivity index is 1.91. The highest BCUT2D eigenvalue weighted by Crippen LogP contribution is 2.39. The van der Waals surface area contributed by atoms with Gasteiger partial charge in [-0.1, -0.05) is 22.8 Å². The second kappa shape index (κ2) is 6.61. The number of nitrogens with one attached hydrogen (secondary N) is 1. The predicted molar refractivity (Wildman–Crippen MR) is 103 cm³/mol. The Kier molecular flexibility index (Phi) is 4.24. The summed E-state index contributed by atoms with van der Waals surface area (Å²) in [7, 11) is 1.45. The number of hydrogen-bond acceptors (Lipinski definition) is 6. The summed E-state index contributed by atoms with van der Waals surface area (Å²) in [5.74, 6) is -0.471. The molecule has 4 aromatic rings. The van der Waals surface area contributed by atoms with Crippen LogP contribution in [0, 0.1) is 6.92 Å². The Labute approximate surface area is 164 Å². The van der Waals surface area contributed by atoms with Gasteiger partial charge in [-0.2, -0.15) is 0 Å². The van der Waals surface area contributed by atoms with Crippen molar-refractivity contribution >= 4 is 28.3 Å². The van der Waals surface area contributed by atoms with Gasteiger partial charge in [-0.3, -0.25) is 4.79 Å². The van der Waals surface area contributed by atoms with Crippen LogP contribution in [0.5, 0.6) is 17.4 Å². The summed E-state index contributed by atoms with van der Waals surface area (Å²) < 4.78 is 10.2. The predicted octanol–water partition coefficient (Wildman–Crippen LogP) is 4.44. The minimum atomic E-state index is -0.499. The average molecular weight is 399 g/mol. The number of aromatic hydroxyl groups is 2. The van der Waals surface area contributed by atoms with Crippen molar-refractivity contribution in [1.29, 1.82) is 0 Å². The first-order valence-corrected chi connectivity index (χ1v) is 8.66. The lowest BCUT2D eigenvalue weighted by Gasteiger charge is -2.09. The number of nitrogens with zero attached hydrogens (tertiary/aromatic N) is 1. The van der Waals surface area contributed by atoms with Gasteiger partial charge in [0.2, 0.25) is 17.4 Å². The quantitative estimate of drug-likeness (QED) is 0.438. The van der Waals surface area contributed by atoms with Gasteiger partial charge < -0.3 is 24.5 Å². The van der Waals surface area contributed by atoms with E-state index in [-0.39, 0.29) is 23.0 Å². The van der Waals surface area contributed by atoms with Crippen molar-refractivity contribution in [3.8, 4) is 28.5 Å². The lowest BCUT2D eigenvalue weighted by Crippen LogP contribution is -1.99. The number of aryl methyl sites for hydroxylation is 1. The third-order valence-corrected chi connectivity index (χ3v) is 4.75. The highest BCUT2D eigenvalue weighted by Gasteiger charge is 2.24. The summed E-state index contributed by atoms with van der Waals surface area (Å²) in [6.07, 6.45) is 0. The van der Waals surface area contributed by atoms with Gasteiger partial charge in [0.05, 0.1) is 28.9 Å². The van der Waals surface area contributed by atoms with Crippen LogP contribution in [0.4, 0.5) is 0 Å². The summed E-state index contributed by atoms with van der Waals surface area (Å²) in [4.78, 5) is 15.6. The van der Waals surface area contributed by atoms with E-state index in [1.165, 1.54) is 19.2 Å². The van der Waals surface area contributed by atoms with Crippen LogP contribution >= 0.6 is 11.6 Å². The minimum absolute atomic E-state index is 0.000652. The van der Waals surface area contributed by atoms with Crippen molar-refractivity contribution in [3.63, 3.8) is 0 Å². The van der Waals surface area contributed by atoms with Crippen molar-refractivity contribution in [2.45, 2.75) is 6.92 Å². The second-order valence-electron chi connectivity index (χ2n) is 6.27. The Morgan fingerprint density at radius 3 is 2.68 bits per heavy atom. The molecule has 0 amide bonds. The van der Waals surface area contributed by atoms with E-state index in [1.54, 1.807) is 31.2 Å². The van der Waals surface area contributed by atoms with Gasteiger partial charge in [0.15, 0.2) is 11.5 Å². The van der Waals surface area contributed by atoms with Gasteiger partial charge in [0.25, 0.3) is 0 Å². The molecule has 0 radical (unpaired) electrons. The van der Waals surface area contributed by atoms with Crippen molar-refractivity contribution in [2.24, 2.45) is 0 Å². The Bertz CT molecular complexity index is 1230. The summed E-state index contributed by atoms with van der Waals surface area (Å²) in [6.45, 7) is 1.70. The molecule has 7 nitrogen and oxygen atoms in total. The molecule has 3 N–H and O–H groups in total. The maximum Gasteiger partial charge on any atom is 0.237 e. The van der Waals surface area contributed by atoms with E-state index in [9.17, 15) is 15.0 Å². The lowest BCUT2D eigenvalue weighted by molar-refractivity contribution is 0.0999. The Morgan fingerprint density at radius 1 is 1.21 bits per heavy atom. The molecule has 0 bridgehead atoms. The van der Waals surface area contributed by atoms with Crippen LogP contribution in [0.3, 0.4) is 0 Å². The maximum absolute atomic E-state index is 12.8. The van der Waals surface area contributed by atoms with Crippen LogP contribution in [0.2, 0.25) is 5.02 Å². The highest BCUT2D eigenvalue weighted by atomic mass is 35.5. The first kappa shape index (κ1) is 17.9. The molecule has 8 heteroatoms. The number of ether oxygens (including phenoxy) is 1. The monoisotopic (exact) mass is 398 g/mol. The number of carbonyl (C=O) groups excluding carboxylic acids is 1. The number of aromatic nitrogens is 2. The number of ketones is 1. The molecule has 0 aliphatic heterocycles. The number of hydrogen-bond donors (Lipinski definition) is 3. The third kappa shape index (κ3) is 2.86. The van der Waals surface area contributed by atoms with Gasteiger partial charge in [-0.05, 0) is 36.8 Å². The zero-order valence-corrected chi connectivity index (χ0v) is 15.7. The maximum atomic E-state index is 12.8. The number of fused-ring (bicyclic) bond motifs is 1. The summed E-state index contributed by atoms with van der Waals surface area (Å²) in [5.41, 5.74) is 2.40. The lowest BCUT2D eigenvalue weighted by atomic mass is 10.00. The molecule has 142 valence electrons. The van der Waals surface area contributed by atoms with Gasteiger partial charge in [-0.25, -0.2) is 0 Å². The number of methoxy groups -OCH3 is 1. The normalized spacial score (nSPS) is 11.1. The van der Waals surface area contributed by atoms with Crippen LogP contribution in [-0.2, 0) is 0 Å². The molecule has 0 atom stereocenters. The van der Waals surface area contributed by atoms with Gasteiger partial charge in [0.1, 0.15) is 0 Å². The number of H-pyrrole nitrogens is 1. The van der Waals surface area contributed by atoms with E-state index in [0.717, 1.165) is 0 Å². The number of benzene rings is 2. The van der Waals surface area contributed by atoms with Crippen molar-refractivity contribution in [2.75, 3.05) is 7.11 Å². The highest BCUT2D eigenvalue weighted by molar-refractivity contribution is 6.34. The topological polar surface area (TPSA) is 109 Å². The van der Waals surface area contributed by atoms with Gasteiger partial charge in [-0.15, -0.1) is 0 Å². The minimum Gasteiger partial charge on any atom is -0.504 e. The fraction of sp³-hybridized carbons (Fsp3) is 0.100. The van der Waals surface area contributed by atoms with Crippen LogP contribution in [0.25, 0.3) is 22.0 Å². The zero-order valence-electron chi connectivity index (χ0n) is 14.9. The summed E-state index contributed by atoms with van der Waals surface area (Å²) >= 11 is 6.42. The first-order chi connectivity index (χ1) is 13.4. The number of rotatable bonds is 4. The van der Waals surface area contributed by atoms with E-state index < -0.39 is 5.78 Å². The summed E-state index contributed by atoms with van der Waals surface area (Å²) in [5, 5.41) is 24.7. The Morgan fingerprint density at radius 2 is 2.00 bits per heavy atom. The Hall–Kier alpha value is -3.45. The van der Waals surface area contributed by atoms with Crippen LogP contribution in [0.15, 0.2) is 40.9 Å². The zero-order chi connectivity index (χ0) is 20.0. The molecule has 0 saturated carbocycles. The number of phenolic OH excluding ortho intramolecular Hbond substituents is 1. The second-order valence-corrected chi connectivity index (χ2v) is 6.68. The van der Waals surface area contributed by atoms with E-state index in [4.69, 9.17) is 20.9 Å². The largest absolute Gasteiger partial charge is 0.504 e. The smallest absolute Gasteiger partial charge is 0.237 e. The molecule has 2 aromatic heterocycles. The van der Waals surface area contributed by atoms with Gasteiger partial charge >= 0.3 is 0 Å². The van der Waals surface area contributed by atoms with Crippen LogP contribution in [0.1, 0.15) is 21.8 Å². The van der Waals surface area contributed by atoms with E-state index >= 15 is 0 Å². The standard InChI is InChI=1S/C20H15ClN2O5/c1-9-5-17(28-23-9)19(25)18-12-7-11(13(21)8-14(12)22-20(18)26)10-3-4-15(24)16(6-10)27-2/h3-8,22,24,26H,1-2H3. The van der Waals surface area contributed by atoms with Gasteiger partial charge in [0, 0.05) is 17.0 Å². The molecule has 0 saturated heterocycles. The molecular weight excluding hydrogens is 384 g/mol. The van der Waals surface area contributed by atoms with Crippen LogP contribution in [-0.4, -0.2) is 33.2 Å². The molecule has 28 heavy (non-hydrogen) atoms. The SMILES string of the molecule is COc1cc(-c2cc3c(C(=O)c4cc(C)no4)c(O)[nH]c3cc2Cl)ccc1O. The van der Waals surface area contributed by atoms with E-state index in [2.05, 4.69) is 10.1 Å². The molecule has 0 aliphatic carbocycles. The average Bonchev–Trinajstić information content (AvgIpc) is 3.23. The summed E-state index contributed by atoms with van der Waals surface area (Å²) in [6, 6.07) is 9.62. The molecule has 0 spiro atoms. The molecule has 4 rings (SSSR count). The fourth-order valence-electron chi connectivity index (χ4n) is 3.09. The van der Waals surface area contributed by atoms with E-state index in [0.29, 0.717) is 38.5 Å². The molecule has 2 heterocycles. The molecule has 0 fully saturated rings. The first-order valence-electron chi connectivity index (χ1n) is 8.28. The third-order valence-electron chi connectivity index (χ3n) is 4.44.